The lowest BCUT2D eigenvalue weighted by Gasteiger charge is -2.44. The zero-order valence-corrected chi connectivity index (χ0v) is 19.2. The molecule has 3 amide bonds. The number of amides is 3. The average molecular weight is 464 g/mol. The maximum absolute atomic E-state index is 12.9. The van der Waals surface area contributed by atoms with Crippen molar-refractivity contribution >= 4 is 34.6 Å². The Balaban J connectivity index is 1.25. The van der Waals surface area contributed by atoms with E-state index in [9.17, 15) is 14.4 Å². The fourth-order valence-corrected chi connectivity index (χ4v) is 5.38. The molecule has 3 aromatic rings. The van der Waals surface area contributed by atoms with E-state index < -0.39 is 5.91 Å². The van der Waals surface area contributed by atoms with Crippen LogP contribution in [0.3, 0.4) is 0 Å². The van der Waals surface area contributed by atoms with Crippen molar-refractivity contribution in [2.24, 2.45) is 5.73 Å². The number of benzene rings is 1. The van der Waals surface area contributed by atoms with Gasteiger partial charge < -0.3 is 20.9 Å². The standard InChI is InChI=1S/C24H29N7O3/c1-16(32)26-21-5-10-31(28-21)23(34)29-11-7-24(8-12-29)6-2-9-30(24)15-19-14-18-13-17(22(25)33)3-4-20(18)27-19/h3-5,10,13-14,27H,2,6-9,11-12,15H2,1H3,(H2,25,33)(H,26,28,32). The molecule has 2 aromatic heterocycles. The zero-order valence-electron chi connectivity index (χ0n) is 19.2. The maximum Gasteiger partial charge on any atom is 0.344 e. The number of fused-ring (bicyclic) bond motifs is 1. The van der Waals surface area contributed by atoms with E-state index in [0.29, 0.717) is 24.5 Å². The van der Waals surface area contributed by atoms with Gasteiger partial charge in [0.1, 0.15) is 0 Å². The van der Waals surface area contributed by atoms with Crippen LogP contribution in [0.4, 0.5) is 10.6 Å². The summed E-state index contributed by atoms with van der Waals surface area (Å²) in [5.41, 5.74) is 8.11. The van der Waals surface area contributed by atoms with Gasteiger partial charge in [-0.2, -0.15) is 4.68 Å². The van der Waals surface area contributed by atoms with E-state index in [1.54, 1.807) is 18.3 Å². The fraction of sp³-hybridized carbons (Fsp3) is 0.417. The van der Waals surface area contributed by atoms with Crippen LogP contribution < -0.4 is 11.1 Å². The Kier molecular flexibility index (Phi) is 5.60. The number of piperidine rings is 1. The van der Waals surface area contributed by atoms with Gasteiger partial charge in [-0.3, -0.25) is 14.5 Å². The molecule has 10 nitrogen and oxygen atoms in total. The van der Waals surface area contributed by atoms with E-state index in [4.69, 9.17) is 5.73 Å². The summed E-state index contributed by atoms with van der Waals surface area (Å²) in [6, 6.07) is 9.02. The number of nitrogens with two attached hydrogens (primary N) is 1. The minimum Gasteiger partial charge on any atom is -0.366 e. The van der Waals surface area contributed by atoms with Gasteiger partial charge in [0.2, 0.25) is 11.8 Å². The molecule has 10 heteroatoms. The smallest absolute Gasteiger partial charge is 0.344 e. The van der Waals surface area contributed by atoms with Crippen LogP contribution >= 0.6 is 0 Å². The molecule has 5 rings (SSSR count). The number of anilines is 1. The average Bonchev–Trinajstić information content (AvgIpc) is 3.52. The largest absolute Gasteiger partial charge is 0.366 e. The summed E-state index contributed by atoms with van der Waals surface area (Å²) in [5, 5.41) is 7.75. The van der Waals surface area contributed by atoms with Crippen LogP contribution in [0.2, 0.25) is 0 Å². The topological polar surface area (TPSA) is 129 Å². The van der Waals surface area contributed by atoms with Crippen molar-refractivity contribution in [2.75, 3.05) is 25.0 Å². The molecule has 2 aliphatic heterocycles. The van der Waals surface area contributed by atoms with E-state index in [2.05, 4.69) is 26.4 Å². The molecular weight excluding hydrogens is 434 g/mol. The quantitative estimate of drug-likeness (QED) is 0.548. The number of rotatable bonds is 4. The number of H-pyrrole nitrogens is 1. The fourth-order valence-electron chi connectivity index (χ4n) is 5.38. The Hall–Kier alpha value is -3.66. The minimum atomic E-state index is -0.425. The maximum atomic E-state index is 12.9. The molecule has 0 bridgehead atoms. The third kappa shape index (κ3) is 4.16. The van der Waals surface area contributed by atoms with Crippen molar-refractivity contribution in [3.05, 3.63) is 47.8 Å². The number of nitrogens with zero attached hydrogens (tertiary/aromatic N) is 4. The first-order valence-electron chi connectivity index (χ1n) is 11.6. The predicted octanol–water partition coefficient (Wildman–Crippen LogP) is 2.52. The summed E-state index contributed by atoms with van der Waals surface area (Å²) < 4.78 is 1.29. The number of aromatic amines is 1. The lowest BCUT2D eigenvalue weighted by Crippen LogP contribution is -2.53. The molecule has 2 aliphatic rings. The van der Waals surface area contributed by atoms with Gasteiger partial charge in [0.25, 0.3) is 0 Å². The van der Waals surface area contributed by atoms with Crippen molar-refractivity contribution in [2.45, 2.75) is 44.7 Å². The Labute approximate surface area is 197 Å². The van der Waals surface area contributed by atoms with Crippen LogP contribution in [0.5, 0.6) is 0 Å². The molecule has 4 heterocycles. The lowest BCUT2D eigenvalue weighted by molar-refractivity contribution is -0.114. The van der Waals surface area contributed by atoms with Gasteiger partial charge in [0, 0.05) is 66.5 Å². The molecule has 2 fully saturated rings. The van der Waals surface area contributed by atoms with Crippen molar-refractivity contribution in [3.8, 4) is 0 Å². The number of aromatic nitrogens is 3. The molecule has 0 atom stereocenters. The zero-order chi connectivity index (χ0) is 23.9. The molecule has 1 aromatic carbocycles. The Morgan fingerprint density at radius 1 is 1.12 bits per heavy atom. The molecule has 4 N–H and O–H groups in total. The first-order valence-corrected chi connectivity index (χ1v) is 11.6. The van der Waals surface area contributed by atoms with E-state index in [1.165, 1.54) is 11.6 Å². The van der Waals surface area contributed by atoms with Gasteiger partial charge >= 0.3 is 6.03 Å². The summed E-state index contributed by atoms with van der Waals surface area (Å²) in [5.74, 6) is -0.273. The summed E-state index contributed by atoms with van der Waals surface area (Å²) >= 11 is 0. The summed E-state index contributed by atoms with van der Waals surface area (Å²) in [6.45, 7) is 4.56. The van der Waals surface area contributed by atoms with Crippen LogP contribution in [0.25, 0.3) is 10.9 Å². The summed E-state index contributed by atoms with van der Waals surface area (Å²) in [4.78, 5) is 43.5. The number of primary amides is 1. The second-order valence-corrected chi connectivity index (χ2v) is 9.31. The highest BCUT2D eigenvalue weighted by Gasteiger charge is 2.44. The van der Waals surface area contributed by atoms with Gasteiger partial charge in [-0.1, -0.05) is 0 Å². The van der Waals surface area contributed by atoms with Gasteiger partial charge in [0.05, 0.1) is 0 Å². The minimum absolute atomic E-state index is 0.0813. The number of carbonyl (C=O) groups excluding carboxylic acids is 3. The van der Waals surface area contributed by atoms with E-state index >= 15 is 0 Å². The van der Waals surface area contributed by atoms with E-state index in [1.807, 2.05) is 17.0 Å². The van der Waals surface area contributed by atoms with E-state index in [-0.39, 0.29) is 17.5 Å². The van der Waals surface area contributed by atoms with Crippen LogP contribution in [0.1, 0.15) is 48.7 Å². The van der Waals surface area contributed by atoms with Crippen molar-refractivity contribution < 1.29 is 14.4 Å². The van der Waals surface area contributed by atoms with Crippen LogP contribution in [0, 0.1) is 0 Å². The van der Waals surface area contributed by atoms with Crippen LogP contribution in [-0.2, 0) is 11.3 Å². The van der Waals surface area contributed by atoms with Crippen LogP contribution in [0.15, 0.2) is 36.5 Å². The highest BCUT2D eigenvalue weighted by atomic mass is 16.2. The number of hydrogen-bond donors (Lipinski definition) is 3. The second kappa shape index (κ2) is 8.60. The van der Waals surface area contributed by atoms with Crippen LogP contribution in [-0.4, -0.2) is 67.6 Å². The summed E-state index contributed by atoms with van der Waals surface area (Å²) in [7, 11) is 0. The van der Waals surface area contributed by atoms with Crippen molar-refractivity contribution in [1.29, 1.82) is 0 Å². The molecule has 2 saturated heterocycles. The molecule has 0 saturated carbocycles. The normalized spacial score (nSPS) is 18.0. The summed E-state index contributed by atoms with van der Waals surface area (Å²) in [6.07, 6.45) is 5.66. The number of nitrogens with one attached hydrogen (secondary N) is 2. The van der Waals surface area contributed by atoms with E-state index in [0.717, 1.165) is 55.4 Å². The van der Waals surface area contributed by atoms with Crippen molar-refractivity contribution in [3.63, 3.8) is 0 Å². The number of hydrogen-bond acceptors (Lipinski definition) is 5. The molecule has 1 spiro atoms. The highest BCUT2D eigenvalue weighted by Crippen LogP contribution is 2.39. The van der Waals surface area contributed by atoms with Gasteiger partial charge in [0.15, 0.2) is 5.82 Å². The van der Waals surface area contributed by atoms with Gasteiger partial charge in [-0.25, -0.2) is 4.79 Å². The Morgan fingerprint density at radius 3 is 2.65 bits per heavy atom. The Bertz CT molecular complexity index is 1250. The predicted molar refractivity (Wildman–Crippen MR) is 127 cm³/mol. The SMILES string of the molecule is CC(=O)Nc1ccn(C(=O)N2CCC3(CCCN3Cc3cc4cc(C(N)=O)ccc4[nH]3)CC2)n1. The number of carbonyl (C=O) groups is 3. The molecule has 0 radical (unpaired) electrons. The number of likely N-dealkylation sites (tertiary alicyclic amines) is 2. The molecule has 0 aliphatic carbocycles. The molecular formula is C24H29N7O3. The Morgan fingerprint density at radius 2 is 1.91 bits per heavy atom. The molecule has 178 valence electrons. The monoisotopic (exact) mass is 463 g/mol. The van der Waals surface area contributed by atoms with Gasteiger partial charge in [-0.05, 0) is 56.5 Å². The lowest BCUT2D eigenvalue weighted by atomic mass is 9.85. The van der Waals surface area contributed by atoms with Gasteiger partial charge in [-0.15, -0.1) is 5.10 Å². The second-order valence-electron chi connectivity index (χ2n) is 9.31. The third-order valence-electron chi connectivity index (χ3n) is 7.12. The molecule has 0 unspecified atom stereocenters. The van der Waals surface area contributed by atoms with Crippen molar-refractivity contribution in [1.82, 2.24) is 24.6 Å². The molecule has 34 heavy (non-hydrogen) atoms. The highest BCUT2D eigenvalue weighted by molar-refractivity contribution is 5.97. The third-order valence-corrected chi connectivity index (χ3v) is 7.12. The first kappa shape index (κ1) is 22.1. The first-order chi connectivity index (χ1) is 16.3.